The largest absolute Gasteiger partial charge is 0.478 e. The standard InChI is InChI=1S/Cu.Fe.H4O7P2/c;;1-8(2,3)7-9(4,5)6/h;;(H2,1,2,3)(H2,4,5,6). The summed E-state index contributed by atoms with van der Waals surface area (Å²) >= 11 is 0. The van der Waals surface area contributed by atoms with Crippen molar-refractivity contribution in [2.24, 2.45) is 0 Å². The summed E-state index contributed by atoms with van der Waals surface area (Å²) in [5.41, 5.74) is 0. The van der Waals surface area contributed by atoms with Gasteiger partial charge in [-0.25, -0.2) is 9.13 Å². The van der Waals surface area contributed by atoms with Crippen molar-refractivity contribution in [3.63, 3.8) is 0 Å². The third kappa shape index (κ3) is 18.3. The van der Waals surface area contributed by atoms with Crippen LogP contribution in [0.1, 0.15) is 0 Å². The quantitative estimate of drug-likeness (QED) is 0.388. The molecule has 0 atom stereocenters. The molecule has 0 aromatic heterocycles. The van der Waals surface area contributed by atoms with E-state index in [9.17, 15) is 9.13 Å². The van der Waals surface area contributed by atoms with Gasteiger partial charge in [-0.3, -0.25) is 0 Å². The van der Waals surface area contributed by atoms with Crippen LogP contribution in [0.5, 0.6) is 0 Å². The van der Waals surface area contributed by atoms with E-state index in [1.807, 2.05) is 0 Å². The predicted molar refractivity (Wildman–Crippen MR) is 25.2 cm³/mol. The number of rotatable bonds is 2. The second-order valence-corrected chi connectivity index (χ2v) is 3.68. The SMILES string of the molecule is O=P(O)(O)OP(=O)(O)O.[Cu].[Fe]. The maximum atomic E-state index is 9.63. The van der Waals surface area contributed by atoms with Gasteiger partial charge in [0.05, 0.1) is 0 Å². The first-order valence-electron chi connectivity index (χ1n) is 1.53. The molecule has 0 bridgehead atoms. The first-order chi connectivity index (χ1) is 3.71. The van der Waals surface area contributed by atoms with Crippen LogP contribution < -0.4 is 0 Å². The van der Waals surface area contributed by atoms with Crippen molar-refractivity contribution in [3.05, 3.63) is 0 Å². The van der Waals surface area contributed by atoms with E-state index in [0.29, 0.717) is 0 Å². The molecule has 1 radical (unpaired) electrons. The molecule has 11 heavy (non-hydrogen) atoms. The molecule has 0 aliphatic heterocycles. The topological polar surface area (TPSA) is 124 Å². The van der Waals surface area contributed by atoms with Crippen LogP contribution in [0, 0.1) is 0 Å². The summed E-state index contributed by atoms with van der Waals surface area (Å²) in [6, 6.07) is 0. The molecule has 0 unspecified atom stereocenters. The van der Waals surface area contributed by atoms with Gasteiger partial charge < -0.3 is 19.6 Å². The van der Waals surface area contributed by atoms with E-state index in [4.69, 9.17) is 19.6 Å². The zero-order chi connectivity index (χ0) is 7.71. The van der Waals surface area contributed by atoms with Crippen molar-refractivity contribution in [2.45, 2.75) is 0 Å². The molecule has 0 aromatic carbocycles. The molecule has 0 saturated heterocycles. The molecule has 4 N–H and O–H groups in total. The molecule has 0 saturated carbocycles. The van der Waals surface area contributed by atoms with Crippen LogP contribution in [0.4, 0.5) is 0 Å². The van der Waals surface area contributed by atoms with Gasteiger partial charge in [-0.15, -0.1) is 0 Å². The van der Waals surface area contributed by atoms with E-state index in [0.717, 1.165) is 0 Å². The maximum Gasteiger partial charge on any atom is 0.478 e. The van der Waals surface area contributed by atoms with E-state index in [2.05, 4.69) is 4.31 Å². The van der Waals surface area contributed by atoms with E-state index >= 15 is 0 Å². The fraction of sp³-hybridized carbons (Fsp3) is 0. The predicted octanol–water partition coefficient (Wildman–Crippen LogP) is -0.817. The van der Waals surface area contributed by atoms with Gasteiger partial charge in [-0.2, -0.15) is 4.31 Å². The summed E-state index contributed by atoms with van der Waals surface area (Å²) < 4.78 is 22.2. The van der Waals surface area contributed by atoms with Crippen molar-refractivity contribution >= 4 is 15.6 Å². The second kappa shape index (κ2) is 5.86. The Morgan fingerprint density at radius 2 is 1.09 bits per heavy atom. The fourth-order valence-electron chi connectivity index (χ4n) is 0.139. The van der Waals surface area contributed by atoms with Gasteiger partial charge in [0.15, 0.2) is 0 Å². The van der Waals surface area contributed by atoms with Crippen molar-refractivity contribution in [2.75, 3.05) is 0 Å². The Hall–Kier alpha value is 1.30. The molecule has 0 rings (SSSR count). The van der Waals surface area contributed by atoms with Gasteiger partial charge in [0.25, 0.3) is 0 Å². The Morgan fingerprint density at radius 1 is 0.909 bits per heavy atom. The van der Waals surface area contributed by atoms with E-state index in [1.54, 1.807) is 0 Å². The van der Waals surface area contributed by atoms with Gasteiger partial charge >= 0.3 is 15.6 Å². The van der Waals surface area contributed by atoms with Crippen molar-refractivity contribution in [3.8, 4) is 0 Å². The smallest absolute Gasteiger partial charge is 0.302 e. The van der Waals surface area contributed by atoms with E-state index in [1.165, 1.54) is 0 Å². The number of hydrogen-bond acceptors (Lipinski definition) is 3. The first-order valence-corrected chi connectivity index (χ1v) is 4.59. The summed E-state index contributed by atoms with van der Waals surface area (Å²) in [7, 11) is -10.1. The third-order valence-electron chi connectivity index (χ3n) is 0.213. The second-order valence-electron chi connectivity index (χ2n) is 1.06. The number of hydrogen-bond donors (Lipinski definition) is 4. The van der Waals surface area contributed by atoms with Crippen LogP contribution in [-0.2, 0) is 47.6 Å². The molecular formula is H4CuFeO7P2. The van der Waals surface area contributed by atoms with Gasteiger partial charge in [0.1, 0.15) is 0 Å². The van der Waals surface area contributed by atoms with Crippen LogP contribution in [0.15, 0.2) is 0 Å². The minimum Gasteiger partial charge on any atom is -0.302 e. The Bertz CT molecular complexity index is 157. The van der Waals surface area contributed by atoms with Crippen LogP contribution in [0.25, 0.3) is 0 Å². The van der Waals surface area contributed by atoms with Crippen molar-refractivity contribution in [1.29, 1.82) is 0 Å². The maximum absolute atomic E-state index is 9.63. The molecule has 0 heterocycles. The normalized spacial score (nSPS) is 11.3. The molecule has 0 aliphatic carbocycles. The Morgan fingerprint density at radius 3 is 1.09 bits per heavy atom. The van der Waals surface area contributed by atoms with Crippen LogP contribution in [-0.4, -0.2) is 19.6 Å². The van der Waals surface area contributed by atoms with Crippen molar-refractivity contribution in [1.82, 2.24) is 0 Å². The Balaban J connectivity index is -0.000000320. The summed E-state index contributed by atoms with van der Waals surface area (Å²) in [5, 5.41) is 0. The average Bonchev–Trinajstić information content (AvgIpc) is 1.14. The molecule has 7 nitrogen and oxygen atoms in total. The molecule has 0 amide bonds. The Kier molecular flexibility index (Phi) is 9.68. The van der Waals surface area contributed by atoms with Crippen LogP contribution in [0.2, 0.25) is 0 Å². The zero-order valence-corrected chi connectivity index (χ0v) is 8.40. The fourth-order valence-corrected chi connectivity index (χ4v) is 1.25. The average molecular weight is 297 g/mol. The minimum atomic E-state index is -5.05. The summed E-state index contributed by atoms with van der Waals surface area (Å²) in [6.45, 7) is 0. The number of phosphoric acid groups is 2. The molecule has 0 aromatic rings. The van der Waals surface area contributed by atoms with Crippen LogP contribution >= 0.6 is 15.6 Å². The zero-order valence-electron chi connectivity index (χ0n) is 4.56. The van der Waals surface area contributed by atoms with E-state index in [-0.39, 0.29) is 34.1 Å². The van der Waals surface area contributed by atoms with Gasteiger partial charge in [0, 0.05) is 34.1 Å². The van der Waals surface area contributed by atoms with Crippen molar-refractivity contribution < 1.29 is 67.2 Å². The third-order valence-corrected chi connectivity index (χ3v) is 1.91. The molecular weight excluding hydrogens is 293 g/mol. The first kappa shape index (κ1) is 18.2. The summed E-state index contributed by atoms with van der Waals surface area (Å²) in [4.78, 5) is 31.0. The van der Waals surface area contributed by atoms with E-state index < -0.39 is 15.6 Å². The summed E-state index contributed by atoms with van der Waals surface area (Å²) in [6.07, 6.45) is 0. The molecule has 0 aliphatic rings. The Labute approximate surface area is 83.0 Å². The minimum absolute atomic E-state index is 0. The van der Waals surface area contributed by atoms with Gasteiger partial charge in [0.2, 0.25) is 0 Å². The monoisotopic (exact) mass is 297 g/mol. The molecule has 0 spiro atoms. The summed E-state index contributed by atoms with van der Waals surface area (Å²) in [5.74, 6) is 0. The van der Waals surface area contributed by atoms with Gasteiger partial charge in [-0.1, -0.05) is 0 Å². The van der Waals surface area contributed by atoms with Gasteiger partial charge in [-0.05, 0) is 0 Å². The molecule has 0 fully saturated rings. The molecule has 75 valence electrons. The van der Waals surface area contributed by atoms with Crippen LogP contribution in [0.3, 0.4) is 0 Å². The molecule has 11 heteroatoms.